The predicted octanol–water partition coefficient (Wildman–Crippen LogP) is 2.51. The predicted molar refractivity (Wildman–Crippen MR) is 93.6 cm³/mol. The number of tetrazole rings is 1. The van der Waals surface area contributed by atoms with Crippen LogP contribution in [0.4, 0.5) is 0 Å². The minimum absolute atomic E-state index is 0.130. The third-order valence-electron chi connectivity index (χ3n) is 3.43. The van der Waals surface area contributed by atoms with E-state index in [4.69, 9.17) is 13.9 Å². The highest BCUT2D eigenvalue weighted by molar-refractivity contribution is 6.15. The van der Waals surface area contributed by atoms with Gasteiger partial charge < -0.3 is 13.9 Å². The topological polar surface area (TPSA) is 92.3 Å². The van der Waals surface area contributed by atoms with Gasteiger partial charge >= 0.3 is 5.97 Å². The van der Waals surface area contributed by atoms with Crippen molar-refractivity contribution in [2.45, 2.75) is 6.92 Å². The Morgan fingerprint density at radius 3 is 2.77 bits per heavy atom. The van der Waals surface area contributed by atoms with E-state index in [0.717, 1.165) is 5.56 Å². The maximum absolute atomic E-state index is 12.6. The molecule has 0 spiro atoms. The number of hydrogen-bond acceptors (Lipinski definition) is 7. The Morgan fingerprint density at radius 2 is 2.04 bits per heavy atom. The van der Waals surface area contributed by atoms with E-state index in [9.17, 15) is 4.79 Å². The Kier molecular flexibility index (Phi) is 5.89. The average Bonchev–Trinajstić information content (AvgIpc) is 3.35. The van der Waals surface area contributed by atoms with E-state index >= 15 is 0 Å². The zero-order valence-electron chi connectivity index (χ0n) is 14.2. The van der Waals surface area contributed by atoms with E-state index in [0.29, 0.717) is 24.8 Å². The number of rotatable bonds is 8. The van der Waals surface area contributed by atoms with Crippen LogP contribution in [-0.2, 0) is 14.3 Å². The summed E-state index contributed by atoms with van der Waals surface area (Å²) in [6, 6.07) is 12.8. The molecule has 0 saturated heterocycles. The van der Waals surface area contributed by atoms with E-state index in [2.05, 4.69) is 15.5 Å². The van der Waals surface area contributed by atoms with Crippen molar-refractivity contribution in [2.24, 2.45) is 0 Å². The summed E-state index contributed by atoms with van der Waals surface area (Å²) in [7, 11) is 0. The average molecular weight is 354 g/mol. The molecular formula is C18H18N4O4. The van der Waals surface area contributed by atoms with Crippen LogP contribution in [0.5, 0.6) is 0 Å². The lowest BCUT2D eigenvalue weighted by molar-refractivity contribution is -0.138. The van der Waals surface area contributed by atoms with Crippen molar-refractivity contribution in [1.29, 1.82) is 0 Å². The SMILES string of the molecule is CCOCCOC(=O)/C(=C/c1ccco1)n1nnnc1-c1ccccc1. The van der Waals surface area contributed by atoms with Gasteiger partial charge in [0.05, 0.1) is 12.9 Å². The summed E-state index contributed by atoms with van der Waals surface area (Å²) in [6.45, 7) is 2.87. The molecule has 0 saturated carbocycles. The fourth-order valence-corrected chi connectivity index (χ4v) is 2.24. The zero-order chi connectivity index (χ0) is 18.2. The van der Waals surface area contributed by atoms with Crippen LogP contribution in [0.3, 0.4) is 0 Å². The molecule has 2 aromatic heterocycles. The van der Waals surface area contributed by atoms with Gasteiger partial charge in [0.1, 0.15) is 12.4 Å². The molecular weight excluding hydrogens is 336 g/mol. The highest BCUT2D eigenvalue weighted by Crippen LogP contribution is 2.21. The molecule has 0 amide bonds. The molecule has 0 N–H and O–H groups in total. The second-order valence-corrected chi connectivity index (χ2v) is 5.16. The van der Waals surface area contributed by atoms with Crippen LogP contribution in [0.15, 0.2) is 53.1 Å². The van der Waals surface area contributed by atoms with Crippen LogP contribution in [0, 0.1) is 0 Å². The molecule has 0 radical (unpaired) electrons. The van der Waals surface area contributed by atoms with E-state index in [1.165, 1.54) is 17.0 Å². The first-order valence-electron chi connectivity index (χ1n) is 8.14. The van der Waals surface area contributed by atoms with Crippen LogP contribution in [0.2, 0.25) is 0 Å². The fraction of sp³-hybridized carbons (Fsp3) is 0.222. The van der Waals surface area contributed by atoms with Crippen LogP contribution in [-0.4, -0.2) is 46.0 Å². The fourth-order valence-electron chi connectivity index (χ4n) is 2.24. The number of carbonyl (C=O) groups is 1. The smallest absolute Gasteiger partial charge is 0.357 e. The molecule has 0 aliphatic carbocycles. The van der Waals surface area contributed by atoms with Gasteiger partial charge in [0.15, 0.2) is 11.5 Å². The highest BCUT2D eigenvalue weighted by atomic mass is 16.6. The van der Waals surface area contributed by atoms with Gasteiger partial charge in [0.2, 0.25) is 0 Å². The molecule has 8 heteroatoms. The molecule has 3 rings (SSSR count). The first-order chi connectivity index (χ1) is 12.8. The second-order valence-electron chi connectivity index (χ2n) is 5.16. The number of ether oxygens (including phenoxy) is 2. The molecule has 0 fully saturated rings. The number of carbonyl (C=O) groups excluding carboxylic acids is 1. The summed E-state index contributed by atoms with van der Waals surface area (Å²) in [6.07, 6.45) is 3.05. The van der Waals surface area contributed by atoms with Crippen molar-refractivity contribution in [1.82, 2.24) is 20.2 Å². The Morgan fingerprint density at radius 1 is 1.19 bits per heavy atom. The van der Waals surface area contributed by atoms with Crippen molar-refractivity contribution in [3.05, 3.63) is 54.5 Å². The van der Waals surface area contributed by atoms with Gasteiger partial charge in [-0.2, -0.15) is 4.68 Å². The minimum atomic E-state index is -0.578. The number of aromatic nitrogens is 4. The lowest BCUT2D eigenvalue weighted by Gasteiger charge is -2.09. The number of furan rings is 1. The molecule has 0 unspecified atom stereocenters. The van der Waals surface area contributed by atoms with E-state index in [1.807, 2.05) is 37.3 Å². The Labute approximate surface area is 150 Å². The quantitative estimate of drug-likeness (QED) is 0.349. The Balaban J connectivity index is 1.92. The van der Waals surface area contributed by atoms with Gasteiger partial charge in [0, 0.05) is 18.2 Å². The maximum Gasteiger partial charge on any atom is 0.357 e. The van der Waals surface area contributed by atoms with Crippen LogP contribution in [0.25, 0.3) is 23.2 Å². The Hall–Kier alpha value is -3.26. The standard InChI is InChI=1S/C18H18N4O4/c1-2-24-11-12-26-18(23)16(13-15-9-6-10-25-15)22-17(19-20-21-22)14-7-4-3-5-8-14/h3-10,13H,2,11-12H2,1H3/b16-13-. The summed E-state index contributed by atoms with van der Waals surface area (Å²) in [5.74, 6) is 0.326. The molecule has 0 aliphatic rings. The molecule has 2 heterocycles. The molecule has 134 valence electrons. The summed E-state index contributed by atoms with van der Waals surface area (Å²) >= 11 is 0. The largest absolute Gasteiger partial charge is 0.465 e. The first-order valence-corrected chi connectivity index (χ1v) is 8.14. The normalized spacial score (nSPS) is 11.5. The lowest BCUT2D eigenvalue weighted by atomic mass is 10.2. The Bertz CT molecular complexity index is 856. The number of nitrogens with zero attached hydrogens (tertiary/aromatic N) is 4. The van der Waals surface area contributed by atoms with Gasteiger partial charge in [0.25, 0.3) is 0 Å². The van der Waals surface area contributed by atoms with Crippen LogP contribution >= 0.6 is 0 Å². The number of esters is 1. The van der Waals surface area contributed by atoms with Crippen LogP contribution < -0.4 is 0 Å². The van der Waals surface area contributed by atoms with Gasteiger partial charge in [-0.1, -0.05) is 30.3 Å². The highest BCUT2D eigenvalue weighted by Gasteiger charge is 2.21. The number of benzene rings is 1. The molecule has 0 atom stereocenters. The van der Waals surface area contributed by atoms with E-state index in [1.54, 1.807) is 12.1 Å². The third-order valence-corrected chi connectivity index (χ3v) is 3.43. The van der Waals surface area contributed by atoms with Crippen molar-refractivity contribution in [2.75, 3.05) is 19.8 Å². The maximum atomic E-state index is 12.6. The molecule has 0 aliphatic heterocycles. The molecule has 1 aromatic carbocycles. The van der Waals surface area contributed by atoms with Crippen molar-refractivity contribution in [3.63, 3.8) is 0 Å². The van der Waals surface area contributed by atoms with E-state index in [-0.39, 0.29) is 12.3 Å². The van der Waals surface area contributed by atoms with Gasteiger partial charge in [-0.3, -0.25) is 0 Å². The third kappa shape index (κ3) is 4.22. The molecule has 0 bridgehead atoms. The summed E-state index contributed by atoms with van der Waals surface area (Å²) in [5.41, 5.74) is 0.908. The molecule has 26 heavy (non-hydrogen) atoms. The van der Waals surface area contributed by atoms with Crippen molar-refractivity contribution >= 4 is 17.7 Å². The van der Waals surface area contributed by atoms with Crippen molar-refractivity contribution < 1.29 is 18.7 Å². The van der Waals surface area contributed by atoms with Crippen LogP contribution in [0.1, 0.15) is 12.7 Å². The summed E-state index contributed by atoms with van der Waals surface area (Å²) in [4.78, 5) is 12.6. The minimum Gasteiger partial charge on any atom is -0.465 e. The molecule has 8 nitrogen and oxygen atoms in total. The lowest BCUT2D eigenvalue weighted by Crippen LogP contribution is -2.17. The van der Waals surface area contributed by atoms with E-state index < -0.39 is 5.97 Å². The monoisotopic (exact) mass is 354 g/mol. The van der Waals surface area contributed by atoms with Gasteiger partial charge in [-0.05, 0) is 29.5 Å². The summed E-state index contributed by atoms with van der Waals surface area (Å²) < 4.78 is 17.1. The zero-order valence-corrected chi connectivity index (χ0v) is 14.2. The number of hydrogen-bond donors (Lipinski definition) is 0. The second kappa shape index (κ2) is 8.72. The first kappa shape index (κ1) is 17.6. The molecule has 3 aromatic rings. The van der Waals surface area contributed by atoms with Crippen molar-refractivity contribution in [3.8, 4) is 11.4 Å². The van der Waals surface area contributed by atoms with Gasteiger partial charge in [-0.15, -0.1) is 5.10 Å². The summed E-state index contributed by atoms with van der Waals surface area (Å²) in [5, 5.41) is 11.7. The van der Waals surface area contributed by atoms with Gasteiger partial charge in [-0.25, -0.2) is 4.79 Å².